The van der Waals surface area contributed by atoms with E-state index in [-0.39, 0.29) is 6.01 Å². The minimum atomic E-state index is -0.547. The maximum Gasteiger partial charge on any atom is 0.347 e. The van der Waals surface area contributed by atoms with Crippen molar-refractivity contribution in [3.8, 4) is 6.01 Å². The fraction of sp³-hybridized carbons (Fsp3) is 0. The van der Waals surface area contributed by atoms with Crippen molar-refractivity contribution < 1.29 is 9.53 Å². The van der Waals surface area contributed by atoms with E-state index in [1.54, 1.807) is 18.3 Å². The van der Waals surface area contributed by atoms with Crippen molar-refractivity contribution in [2.24, 2.45) is 0 Å². The van der Waals surface area contributed by atoms with Crippen LogP contribution in [0, 0.1) is 0 Å². The molecule has 2 heterocycles. The van der Waals surface area contributed by atoms with Crippen LogP contribution >= 0.6 is 0 Å². The van der Waals surface area contributed by atoms with Crippen molar-refractivity contribution in [3.05, 3.63) is 42.7 Å². The van der Waals surface area contributed by atoms with Crippen LogP contribution in [0.2, 0.25) is 0 Å². The fourth-order valence-electron chi connectivity index (χ4n) is 0.907. The minimum absolute atomic E-state index is 0.0288. The Kier molecular flexibility index (Phi) is 2.59. The smallest absolute Gasteiger partial charge is 0.347 e. The molecule has 0 unspecified atom stereocenters. The van der Waals surface area contributed by atoms with Crippen molar-refractivity contribution >= 4 is 5.97 Å². The average molecular weight is 202 g/mol. The summed E-state index contributed by atoms with van der Waals surface area (Å²) in [6.07, 6.45) is 5.47. The Morgan fingerprint density at radius 1 is 1.20 bits per heavy atom. The number of carbonyl (C=O) groups excluding carboxylic acids is 1. The highest BCUT2D eigenvalue weighted by molar-refractivity contribution is 5.90. The number of rotatable bonds is 2. The molecule has 0 saturated carbocycles. The highest BCUT2D eigenvalue weighted by atomic mass is 16.5. The number of aromatic nitrogens is 4. The zero-order valence-corrected chi connectivity index (χ0v) is 7.57. The van der Waals surface area contributed by atoms with Crippen LogP contribution in [0.5, 0.6) is 6.01 Å². The van der Waals surface area contributed by atoms with Crippen LogP contribution in [-0.4, -0.2) is 25.9 Å². The molecule has 74 valence electrons. The van der Waals surface area contributed by atoms with E-state index in [4.69, 9.17) is 4.74 Å². The Hall–Kier alpha value is -2.37. The van der Waals surface area contributed by atoms with E-state index in [1.165, 1.54) is 18.9 Å². The molecule has 6 nitrogen and oxygen atoms in total. The van der Waals surface area contributed by atoms with Gasteiger partial charge in [0.25, 0.3) is 0 Å². The second-order valence-electron chi connectivity index (χ2n) is 2.55. The molecule has 0 aliphatic heterocycles. The summed E-state index contributed by atoms with van der Waals surface area (Å²) >= 11 is 0. The predicted octanol–water partition coefficient (Wildman–Crippen LogP) is 0.486. The normalized spacial score (nSPS) is 9.60. The van der Waals surface area contributed by atoms with Crippen LogP contribution in [0.15, 0.2) is 37.2 Å². The number of carbonyl (C=O) groups is 1. The maximum absolute atomic E-state index is 11.5. The van der Waals surface area contributed by atoms with E-state index < -0.39 is 5.97 Å². The monoisotopic (exact) mass is 202 g/mol. The van der Waals surface area contributed by atoms with Crippen molar-refractivity contribution in [1.82, 2.24) is 19.9 Å². The molecule has 0 aliphatic rings. The minimum Gasteiger partial charge on any atom is -0.387 e. The van der Waals surface area contributed by atoms with Crippen LogP contribution in [0.4, 0.5) is 0 Å². The molecule has 2 aromatic rings. The third-order valence-corrected chi connectivity index (χ3v) is 1.55. The second-order valence-corrected chi connectivity index (χ2v) is 2.55. The summed E-state index contributed by atoms with van der Waals surface area (Å²) < 4.78 is 4.86. The standard InChI is InChI=1S/C9H6N4O2/c14-8(7-2-1-3-10-4-7)15-9-12-5-11-6-13-9/h1-6H. The van der Waals surface area contributed by atoms with Crippen LogP contribution in [0.1, 0.15) is 10.4 Å². The van der Waals surface area contributed by atoms with Crippen LogP contribution < -0.4 is 4.74 Å². The molecule has 0 aliphatic carbocycles. The molecule has 0 radical (unpaired) electrons. The van der Waals surface area contributed by atoms with Gasteiger partial charge in [0.2, 0.25) is 0 Å². The van der Waals surface area contributed by atoms with Gasteiger partial charge in [-0.05, 0) is 12.1 Å². The number of hydrogen-bond acceptors (Lipinski definition) is 6. The summed E-state index contributed by atoms with van der Waals surface area (Å²) in [6, 6.07) is 3.21. The second kappa shape index (κ2) is 4.23. The lowest BCUT2D eigenvalue weighted by Gasteiger charge is -1.99. The van der Waals surface area contributed by atoms with Gasteiger partial charge in [-0.15, -0.1) is 0 Å². The SMILES string of the molecule is O=C(Oc1ncncn1)c1cccnc1. The van der Waals surface area contributed by atoms with E-state index in [2.05, 4.69) is 19.9 Å². The quantitative estimate of drug-likeness (QED) is 0.659. The first-order chi connectivity index (χ1) is 7.36. The first-order valence-electron chi connectivity index (χ1n) is 4.10. The predicted molar refractivity (Wildman–Crippen MR) is 49.0 cm³/mol. The number of hydrogen-bond donors (Lipinski definition) is 0. The van der Waals surface area contributed by atoms with E-state index in [0.29, 0.717) is 5.56 Å². The molecule has 0 amide bonds. The van der Waals surface area contributed by atoms with Crippen LogP contribution in [0.25, 0.3) is 0 Å². The molecule has 0 fully saturated rings. The third kappa shape index (κ3) is 2.31. The van der Waals surface area contributed by atoms with Crippen molar-refractivity contribution in [1.29, 1.82) is 0 Å². The van der Waals surface area contributed by atoms with Gasteiger partial charge in [-0.1, -0.05) is 0 Å². The molecule has 0 saturated heterocycles. The Bertz CT molecular complexity index is 446. The summed E-state index contributed by atoms with van der Waals surface area (Å²) in [6.45, 7) is 0. The lowest BCUT2D eigenvalue weighted by molar-refractivity contribution is 0.0718. The number of nitrogens with zero attached hydrogens (tertiary/aromatic N) is 4. The van der Waals surface area contributed by atoms with Gasteiger partial charge >= 0.3 is 12.0 Å². The highest BCUT2D eigenvalue weighted by Crippen LogP contribution is 2.02. The number of ether oxygens (including phenoxy) is 1. The summed E-state index contributed by atoms with van der Waals surface area (Å²) in [7, 11) is 0. The van der Waals surface area contributed by atoms with Crippen molar-refractivity contribution in [2.75, 3.05) is 0 Å². The van der Waals surface area contributed by atoms with E-state index in [1.807, 2.05) is 0 Å². The third-order valence-electron chi connectivity index (χ3n) is 1.55. The lowest BCUT2D eigenvalue weighted by atomic mass is 10.3. The molecule has 0 aromatic carbocycles. The van der Waals surface area contributed by atoms with Gasteiger partial charge < -0.3 is 4.74 Å². The van der Waals surface area contributed by atoms with E-state index in [9.17, 15) is 4.79 Å². The molecule has 0 N–H and O–H groups in total. The number of esters is 1. The summed E-state index contributed by atoms with van der Waals surface area (Å²) in [5.74, 6) is -0.547. The van der Waals surface area contributed by atoms with Gasteiger partial charge in [-0.2, -0.15) is 9.97 Å². The van der Waals surface area contributed by atoms with E-state index in [0.717, 1.165) is 0 Å². The molecular formula is C9H6N4O2. The van der Waals surface area contributed by atoms with Gasteiger partial charge in [0.05, 0.1) is 5.56 Å². The Morgan fingerprint density at radius 2 is 2.00 bits per heavy atom. The zero-order chi connectivity index (χ0) is 10.5. The topological polar surface area (TPSA) is 77.9 Å². The highest BCUT2D eigenvalue weighted by Gasteiger charge is 2.09. The molecule has 0 spiro atoms. The summed E-state index contributed by atoms with van der Waals surface area (Å²) in [4.78, 5) is 26.2. The van der Waals surface area contributed by atoms with Gasteiger partial charge in [-0.25, -0.2) is 9.78 Å². The summed E-state index contributed by atoms with van der Waals surface area (Å²) in [5, 5.41) is 0. The Morgan fingerprint density at radius 3 is 2.67 bits per heavy atom. The Labute approximate surface area is 85.0 Å². The van der Waals surface area contributed by atoms with Crippen molar-refractivity contribution in [3.63, 3.8) is 0 Å². The average Bonchev–Trinajstić information content (AvgIpc) is 2.31. The van der Waals surface area contributed by atoms with Crippen LogP contribution in [-0.2, 0) is 0 Å². The molecule has 2 rings (SSSR count). The van der Waals surface area contributed by atoms with Gasteiger partial charge in [0.15, 0.2) is 0 Å². The van der Waals surface area contributed by atoms with Crippen molar-refractivity contribution in [2.45, 2.75) is 0 Å². The van der Waals surface area contributed by atoms with Gasteiger partial charge in [0.1, 0.15) is 12.7 Å². The molecule has 0 atom stereocenters. The number of pyridine rings is 1. The zero-order valence-electron chi connectivity index (χ0n) is 7.57. The molecule has 2 aromatic heterocycles. The van der Waals surface area contributed by atoms with E-state index >= 15 is 0 Å². The molecular weight excluding hydrogens is 196 g/mol. The fourth-order valence-corrected chi connectivity index (χ4v) is 0.907. The first-order valence-corrected chi connectivity index (χ1v) is 4.10. The molecule has 6 heteroatoms. The summed E-state index contributed by atoms with van der Waals surface area (Å²) in [5.41, 5.74) is 0.345. The molecule has 0 bridgehead atoms. The maximum atomic E-state index is 11.5. The molecule has 15 heavy (non-hydrogen) atoms. The largest absolute Gasteiger partial charge is 0.387 e. The Balaban J connectivity index is 2.12. The van der Waals surface area contributed by atoms with Crippen LogP contribution in [0.3, 0.4) is 0 Å². The van der Waals surface area contributed by atoms with Gasteiger partial charge in [-0.3, -0.25) is 4.98 Å². The lowest BCUT2D eigenvalue weighted by Crippen LogP contribution is -2.10. The first kappa shape index (κ1) is 9.20. The van der Waals surface area contributed by atoms with Gasteiger partial charge in [0, 0.05) is 12.4 Å².